The Morgan fingerprint density at radius 3 is 2.75 bits per heavy atom. The lowest BCUT2D eigenvalue weighted by atomic mass is 9.96. The number of amides is 2. The molecule has 1 fully saturated rings. The van der Waals surface area contributed by atoms with Gasteiger partial charge in [-0.15, -0.1) is 11.3 Å². The molecule has 1 aliphatic rings. The molecule has 0 unspecified atom stereocenters. The molecule has 0 atom stereocenters. The van der Waals surface area contributed by atoms with Gasteiger partial charge in [-0.2, -0.15) is 0 Å². The minimum atomic E-state index is 0.00428. The second kappa shape index (κ2) is 6.69. The summed E-state index contributed by atoms with van der Waals surface area (Å²) in [5.41, 5.74) is 6.30. The quantitative estimate of drug-likeness (QED) is 0.853. The molecule has 2 heterocycles. The van der Waals surface area contributed by atoms with Crippen LogP contribution in [-0.4, -0.2) is 41.3 Å². The zero-order chi connectivity index (χ0) is 14.5. The van der Waals surface area contributed by atoms with Crippen LogP contribution in [0.4, 0.5) is 5.13 Å². The molecule has 1 aromatic heterocycles. The van der Waals surface area contributed by atoms with Crippen LogP contribution < -0.4 is 11.1 Å². The third kappa shape index (κ3) is 4.19. The zero-order valence-corrected chi connectivity index (χ0v) is 12.4. The number of anilines is 1. The Labute approximate surface area is 122 Å². The Balaban J connectivity index is 1.75. The molecule has 1 aliphatic heterocycles. The van der Waals surface area contributed by atoms with E-state index in [2.05, 4.69) is 10.3 Å². The van der Waals surface area contributed by atoms with Gasteiger partial charge in [0.15, 0.2) is 5.13 Å². The smallest absolute Gasteiger partial charge is 0.228 e. The SMILES string of the molecule is CC(=O)NCC1CCN(C(=O)Cc2csc(N)n2)CC1. The van der Waals surface area contributed by atoms with Gasteiger partial charge in [0.2, 0.25) is 11.8 Å². The molecule has 2 rings (SSSR count). The third-order valence-electron chi connectivity index (χ3n) is 3.51. The summed E-state index contributed by atoms with van der Waals surface area (Å²) in [4.78, 5) is 29.0. The van der Waals surface area contributed by atoms with Gasteiger partial charge in [-0.05, 0) is 18.8 Å². The minimum Gasteiger partial charge on any atom is -0.375 e. The van der Waals surface area contributed by atoms with Crippen molar-refractivity contribution in [3.8, 4) is 0 Å². The summed E-state index contributed by atoms with van der Waals surface area (Å²) in [5, 5.41) is 5.17. The maximum atomic E-state index is 12.1. The fourth-order valence-corrected chi connectivity index (χ4v) is 2.91. The summed E-state index contributed by atoms with van der Waals surface area (Å²) in [6.07, 6.45) is 2.19. The molecule has 0 aromatic carbocycles. The topological polar surface area (TPSA) is 88.3 Å². The van der Waals surface area contributed by atoms with E-state index in [0.717, 1.165) is 31.6 Å². The van der Waals surface area contributed by atoms with Crippen molar-refractivity contribution in [2.45, 2.75) is 26.2 Å². The first-order valence-corrected chi connectivity index (χ1v) is 7.64. The second-order valence-corrected chi connectivity index (χ2v) is 6.00. The van der Waals surface area contributed by atoms with Gasteiger partial charge in [-0.25, -0.2) is 4.98 Å². The van der Waals surface area contributed by atoms with E-state index in [9.17, 15) is 9.59 Å². The van der Waals surface area contributed by atoms with Crippen molar-refractivity contribution in [1.82, 2.24) is 15.2 Å². The summed E-state index contributed by atoms with van der Waals surface area (Å²) < 4.78 is 0. The summed E-state index contributed by atoms with van der Waals surface area (Å²) in [6.45, 7) is 3.74. The molecule has 0 aliphatic carbocycles. The Morgan fingerprint density at radius 1 is 1.50 bits per heavy atom. The number of hydrogen-bond acceptors (Lipinski definition) is 5. The molecule has 0 spiro atoms. The number of likely N-dealkylation sites (tertiary alicyclic amines) is 1. The van der Waals surface area contributed by atoms with Crippen molar-refractivity contribution >= 4 is 28.3 Å². The van der Waals surface area contributed by atoms with Gasteiger partial charge < -0.3 is 16.0 Å². The van der Waals surface area contributed by atoms with Crippen LogP contribution in [0.1, 0.15) is 25.5 Å². The van der Waals surface area contributed by atoms with E-state index in [1.807, 2.05) is 10.3 Å². The van der Waals surface area contributed by atoms with E-state index in [0.29, 0.717) is 24.0 Å². The molecule has 1 saturated heterocycles. The minimum absolute atomic E-state index is 0.00428. The predicted octanol–water partition coefficient (Wildman–Crippen LogP) is 0.642. The molecule has 0 bridgehead atoms. The van der Waals surface area contributed by atoms with Crippen LogP contribution in [0.2, 0.25) is 0 Å². The molecule has 3 N–H and O–H groups in total. The van der Waals surface area contributed by atoms with Crippen LogP contribution in [0.3, 0.4) is 0 Å². The number of nitrogens with one attached hydrogen (secondary N) is 1. The van der Waals surface area contributed by atoms with Gasteiger partial charge in [0.1, 0.15) is 0 Å². The van der Waals surface area contributed by atoms with E-state index < -0.39 is 0 Å². The molecule has 6 nitrogen and oxygen atoms in total. The molecular formula is C13H20N4O2S. The first kappa shape index (κ1) is 14.8. The fourth-order valence-electron chi connectivity index (χ4n) is 2.35. The average Bonchev–Trinajstić information content (AvgIpc) is 2.82. The van der Waals surface area contributed by atoms with E-state index in [4.69, 9.17) is 5.73 Å². The molecule has 0 saturated carbocycles. The number of nitrogens with zero attached hydrogens (tertiary/aromatic N) is 2. The third-order valence-corrected chi connectivity index (χ3v) is 4.23. The highest BCUT2D eigenvalue weighted by molar-refractivity contribution is 7.13. The van der Waals surface area contributed by atoms with Crippen LogP contribution in [0, 0.1) is 5.92 Å². The monoisotopic (exact) mass is 296 g/mol. The van der Waals surface area contributed by atoms with Crippen molar-refractivity contribution in [2.24, 2.45) is 5.92 Å². The van der Waals surface area contributed by atoms with Crippen molar-refractivity contribution in [3.63, 3.8) is 0 Å². The van der Waals surface area contributed by atoms with Crippen molar-refractivity contribution in [1.29, 1.82) is 0 Å². The first-order chi connectivity index (χ1) is 9.54. The summed E-state index contributed by atoms with van der Waals surface area (Å²) >= 11 is 1.36. The Morgan fingerprint density at radius 2 is 2.20 bits per heavy atom. The maximum Gasteiger partial charge on any atom is 0.228 e. The van der Waals surface area contributed by atoms with Crippen LogP contribution in [0.25, 0.3) is 0 Å². The molecular weight excluding hydrogens is 276 g/mol. The summed E-state index contributed by atoms with van der Waals surface area (Å²) in [6, 6.07) is 0. The number of rotatable bonds is 4. The Hall–Kier alpha value is -1.63. The fraction of sp³-hybridized carbons (Fsp3) is 0.615. The van der Waals surface area contributed by atoms with Crippen LogP contribution in [-0.2, 0) is 16.0 Å². The molecule has 1 aromatic rings. The molecule has 2 amide bonds. The number of nitrogen functional groups attached to an aromatic ring is 1. The van der Waals surface area contributed by atoms with E-state index >= 15 is 0 Å². The maximum absolute atomic E-state index is 12.1. The highest BCUT2D eigenvalue weighted by Gasteiger charge is 2.23. The number of carbonyl (C=O) groups is 2. The van der Waals surface area contributed by atoms with Crippen LogP contribution in [0.5, 0.6) is 0 Å². The lowest BCUT2D eigenvalue weighted by Gasteiger charge is -2.32. The first-order valence-electron chi connectivity index (χ1n) is 6.76. The van der Waals surface area contributed by atoms with E-state index in [-0.39, 0.29) is 11.8 Å². The van der Waals surface area contributed by atoms with Gasteiger partial charge in [-0.3, -0.25) is 9.59 Å². The van der Waals surface area contributed by atoms with Gasteiger partial charge in [-0.1, -0.05) is 0 Å². The highest BCUT2D eigenvalue weighted by Crippen LogP contribution is 2.18. The number of nitrogens with two attached hydrogens (primary N) is 1. The Bertz CT molecular complexity index is 480. The molecule has 7 heteroatoms. The molecule has 20 heavy (non-hydrogen) atoms. The largest absolute Gasteiger partial charge is 0.375 e. The van der Waals surface area contributed by atoms with Gasteiger partial charge in [0.25, 0.3) is 0 Å². The highest BCUT2D eigenvalue weighted by atomic mass is 32.1. The van der Waals surface area contributed by atoms with E-state index in [1.54, 1.807) is 0 Å². The van der Waals surface area contributed by atoms with Crippen LogP contribution in [0.15, 0.2) is 5.38 Å². The van der Waals surface area contributed by atoms with Gasteiger partial charge in [0, 0.05) is 31.9 Å². The number of thiazole rings is 1. The lowest BCUT2D eigenvalue weighted by molar-refractivity contribution is -0.132. The van der Waals surface area contributed by atoms with Gasteiger partial charge >= 0.3 is 0 Å². The molecule has 0 radical (unpaired) electrons. The number of aromatic nitrogens is 1. The van der Waals surface area contributed by atoms with Gasteiger partial charge in [0.05, 0.1) is 12.1 Å². The van der Waals surface area contributed by atoms with Crippen molar-refractivity contribution in [3.05, 3.63) is 11.1 Å². The number of piperidine rings is 1. The number of carbonyl (C=O) groups excluding carboxylic acids is 2. The molecule has 110 valence electrons. The second-order valence-electron chi connectivity index (χ2n) is 5.12. The summed E-state index contributed by atoms with van der Waals surface area (Å²) in [7, 11) is 0. The number of hydrogen-bond donors (Lipinski definition) is 2. The summed E-state index contributed by atoms with van der Waals surface area (Å²) in [5.74, 6) is 0.579. The standard InChI is InChI=1S/C13H20N4O2S/c1-9(18)15-7-10-2-4-17(5-3-10)12(19)6-11-8-20-13(14)16-11/h8,10H,2-7H2,1H3,(H2,14,16)(H,15,18). The lowest BCUT2D eigenvalue weighted by Crippen LogP contribution is -2.41. The van der Waals surface area contributed by atoms with Crippen LogP contribution >= 0.6 is 11.3 Å². The van der Waals surface area contributed by atoms with E-state index in [1.165, 1.54) is 18.3 Å². The van der Waals surface area contributed by atoms with Crippen molar-refractivity contribution in [2.75, 3.05) is 25.4 Å². The Kier molecular flexibility index (Phi) is 4.94. The predicted molar refractivity (Wildman–Crippen MR) is 78.2 cm³/mol. The van der Waals surface area contributed by atoms with Crippen molar-refractivity contribution < 1.29 is 9.59 Å². The normalized spacial score (nSPS) is 16.1. The zero-order valence-electron chi connectivity index (χ0n) is 11.6. The average molecular weight is 296 g/mol.